The molecule has 2 aromatic carbocycles. The van der Waals surface area contributed by atoms with Gasteiger partial charge in [-0.1, -0.05) is 17.7 Å². The Balaban J connectivity index is 2.08. The summed E-state index contributed by atoms with van der Waals surface area (Å²) in [6.45, 7) is 4.97. The summed E-state index contributed by atoms with van der Waals surface area (Å²) in [5.41, 5.74) is 0.920. The number of carbonyl (C=O) groups excluding carboxylic acids is 2. The number of hydrogen-bond acceptors (Lipinski definition) is 5. The van der Waals surface area contributed by atoms with Crippen LogP contribution in [0.25, 0.3) is 0 Å². The first kappa shape index (κ1) is 22.7. The first-order chi connectivity index (χ1) is 13.6. The van der Waals surface area contributed by atoms with Crippen LogP contribution in [0.1, 0.15) is 20.8 Å². The van der Waals surface area contributed by atoms with E-state index in [2.05, 4.69) is 15.4 Å². The summed E-state index contributed by atoms with van der Waals surface area (Å²) in [7, 11) is -3.98. The highest BCUT2D eigenvalue weighted by molar-refractivity contribution is 7.89. The second-order valence-corrected chi connectivity index (χ2v) is 8.24. The Morgan fingerprint density at radius 1 is 1.10 bits per heavy atom. The van der Waals surface area contributed by atoms with Crippen LogP contribution in [0.15, 0.2) is 47.4 Å². The maximum absolute atomic E-state index is 12.6. The lowest BCUT2D eigenvalue weighted by molar-refractivity contribution is -0.117. The standard InChI is InChI=1S/C19H22ClN3O5S/c1-4-28-18-9-8-16(11-17(18)20)29(26,27)23-12(2)19(25)22-15-7-5-6-14(10-15)21-13(3)24/h5-12,23H,4H2,1-3H3,(H,21,24)(H,22,25)/t12-/m0/s1. The number of carbonyl (C=O) groups is 2. The minimum atomic E-state index is -3.98. The second kappa shape index (κ2) is 9.73. The molecule has 0 unspecified atom stereocenters. The zero-order chi connectivity index (χ0) is 21.6. The molecule has 1 atom stereocenters. The number of benzene rings is 2. The van der Waals surface area contributed by atoms with Crippen LogP contribution in [-0.4, -0.2) is 32.9 Å². The lowest BCUT2D eigenvalue weighted by Crippen LogP contribution is -2.41. The summed E-state index contributed by atoms with van der Waals surface area (Å²) < 4.78 is 32.7. The van der Waals surface area contributed by atoms with E-state index < -0.39 is 22.0 Å². The number of ether oxygens (including phenoxy) is 1. The lowest BCUT2D eigenvalue weighted by Gasteiger charge is -2.15. The third-order valence-corrected chi connectivity index (χ3v) is 5.52. The van der Waals surface area contributed by atoms with Crippen LogP contribution >= 0.6 is 11.6 Å². The van der Waals surface area contributed by atoms with E-state index in [4.69, 9.17) is 16.3 Å². The Kier molecular flexibility index (Phi) is 7.60. The van der Waals surface area contributed by atoms with Gasteiger partial charge < -0.3 is 15.4 Å². The van der Waals surface area contributed by atoms with E-state index in [-0.39, 0.29) is 15.8 Å². The largest absolute Gasteiger partial charge is 0.492 e. The number of rotatable bonds is 8. The molecule has 0 aliphatic carbocycles. The van der Waals surface area contributed by atoms with E-state index in [0.29, 0.717) is 23.7 Å². The van der Waals surface area contributed by atoms with E-state index in [0.717, 1.165) is 0 Å². The molecular weight excluding hydrogens is 418 g/mol. The van der Waals surface area contributed by atoms with E-state index in [1.54, 1.807) is 31.2 Å². The van der Waals surface area contributed by atoms with Gasteiger partial charge in [0.05, 0.1) is 22.6 Å². The number of halogens is 1. The first-order valence-electron chi connectivity index (χ1n) is 8.75. The number of hydrogen-bond donors (Lipinski definition) is 3. The predicted molar refractivity (Wildman–Crippen MR) is 112 cm³/mol. The number of amides is 2. The topological polar surface area (TPSA) is 114 Å². The van der Waals surface area contributed by atoms with Gasteiger partial charge in [-0.15, -0.1) is 0 Å². The summed E-state index contributed by atoms with van der Waals surface area (Å²) in [4.78, 5) is 23.4. The minimum Gasteiger partial charge on any atom is -0.492 e. The number of anilines is 2. The molecule has 2 amide bonds. The molecule has 0 aliphatic heterocycles. The van der Waals surface area contributed by atoms with Crippen molar-refractivity contribution in [3.05, 3.63) is 47.5 Å². The maximum Gasteiger partial charge on any atom is 0.242 e. The van der Waals surface area contributed by atoms with Gasteiger partial charge in [0.25, 0.3) is 0 Å². The molecule has 0 heterocycles. The van der Waals surface area contributed by atoms with Gasteiger partial charge in [0.2, 0.25) is 21.8 Å². The Labute approximate surface area is 174 Å². The van der Waals surface area contributed by atoms with Gasteiger partial charge in [-0.2, -0.15) is 4.72 Å². The van der Waals surface area contributed by atoms with Crippen LogP contribution in [0, 0.1) is 0 Å². The summed E-state index contributed by atoms with van der Waals surface area (Å²) in [5, 5.41) is 5.36. The molecule has 3 N–H and O–H groups in total. The van der Waals surface area contributed by atoms with Gasteiger partial charge in [0, 0.05) is 18.3 Å². The number of sulfonamides is 1. The highest BCUT2D eigenvalue weighted by Gasteiger charge is 2.23. The fourth-order valence-corrected chi connectivity index (χ4v) is 3.93. The molecule has 0 spiro atoms. The van der Waals surface area contributed by atoms with Gasteiger partial charge >= 0.3 is 0 Å². The fourth-order valence-electron chi connectivity index (χ4n) is 2.40. The molecule has 0 saturated carbocycles. The third kappa shape index (κ3) is 6.45. The zero-order valence-corrected chi connectivity index (χ0v) is 17.7. The van der Waals surface area contributed by atoms with Crippen LogP contribution in [0.2, 0.25) is 5.02 Å². The van der Waals surface area contributed by atoms with Crippen molar-refractivity contribution < 1.29 is 22.7 Å². The smallest absolute Gasteiger partial charge is 0.242 e. The second-order valence-electron chi connectivity index (χ2n) is 6.12. The Bertz CT molecular complexity index is 1010. The first-order valence-corrected chi connectivity index (χ1v) is 10.6. The SMILES string of the molecule is CCOc1ccc(S(=O)(=O)N[C@@H](C)C(=O)Nc2cccc(NC(C)=O)c2)cc1Cl. The van der Waals surface area contributed by atoms with Gasteiger partial charge in [-0.3, -0.25) is 9.59 Å². The van der Waals surface area contributed by atoms with E-state index in [9.17, 15) is 18.0 Å². The highest BCUT2D eigenvalue weighted by atomic mass is 35.5. The van der Waals surface area contributed by atoms with Gasteiger partial charge in [-0.25, -0.2) is 8.42 Å². The molecule has 0 aliphatic rings. The number of nitrogens with one attached hydrogen (secondary N) is 3. The molecule has 0 radical (unpaired) electrons. The molecule has 0 fully saturated rings. The van der Waals surface area contributed by atoms with Crippen LogP contribution in [0.4, 0.5) is 11.4 Å². The van der Waals surface area contributed by atoms with Crippen molar-refractivity contribution in [2.45, 2.75) is 31.7 Å². The van der Waals surface area contributed by atoms with Gasteiger partial charge in [0.1, 0.15) is 5.75 Å². The van der Waals surface area contributed by atoms with Crippen LogP contribution in [0.3, 0.4) is 0 Å². The Morgan fingerprint density at radius 2 is 1.76 bits per heavy atom. The van der Waals surface area contributed by atoms with E-state index in [1.807, 2.05) is 0 Å². The van der Waals surface area contributed by atoms with Crippen molar-refractivity contribution in [3.8, 4) is 5.75 Å². The van der Waals surface area contributed by atoms with Gasteiger partial charge in [0.15, 0.2) is 0 Å². The molecule has 8 nitrogen and oxygen atoms in total. The molecule has 2 aromatic rings. The van der Waals surface area contributed by atoms with Crippen LogP contribution < -0.4 is 20.1 Å². The molecule has 0 aromatic heterocycles. The summed E-state index contributed by atoms with van der Waals surface area (Å²) >= 11 is 6.04. The van der Waals surface area contributed by atoms with Crippen molar-refractivity contribution in [2.75, 3.05) is 17.2 Å². The molecule has 2 rings (SSSR count). The Morgan fingerprint density at radius 3 is 2.34 bits per heavy atom. The molecule has 10 heteroatoms. The van der Waals surface area contributed by atoms with Gasteiger partial charge in [-0.05, 0) is 50.2 Å². The summed E-state index contributed by atoms with van der Waals surface area (Å²) in [6.07, 6.45) is 0. The van der Waals surface area contributed by atoms with Crippen molar-refractivity contribution in [3.63, 3.8) is 0 Å². The monoisotopic (exact) mass is 439 g/mol. The molecule has 156 valence electrons. The predicted octanol–water partition coefficient (Wildman–Crippen LogP) is 3.00. The van der Waals surface area contributed by atoms with Crippen molar-refractivity contribution in [1.29, 1.82) is 0 Å². The van der Waals surface area contributed by atoms with Crippen molar-refractivity contribution in [2.24, 2.45) is 0 Å². The average Bonchev–Trinajstić information content (AvgIpc) is 2.62. The quantitative estimate of drug-likeness (QED) is 0.585. The minimum absolute atomic E-state index is 0.0849. The highest BCUT2D eigenvalue weighted by Crippen LogP contribution is 2.27. The Hall–Kier alpha value is -2.62. The van der Waals surface area contributed by atoms with E-state index >= 15 is 0 Å². The van der Waals surface area contributed by atoms with E-state index in [1.165, 1.54) is 32.0 Å². The van der Waals surface area contributed by atoms with Crippen molar-refractivity contribution >= 4 is 44.8 Å². The zero-order valence-electron chi connectivity index (χ0n) is 16.2. The van der Waals surface area contributed by atoms with Crippen molar-refractivity contribution in [1.82, 2.24) is 4.72 Å². The normalized spacial score (nSPS) is 12.1. The summed E-state index contributed by atoms with van der Waals surface area (Å²) in [5.74, 6) is -0.438. The molecule has 0 bridgehead atoms. The third-order valence-electron chi connectivity index (χ3n) is 3.69. The van der Waals surface area contributed by atoms with Crippen LogP contribution in [-0.2, 0) is 19.6 Å². The molecular formula is C19H22ClN3O5S. The maximum atomic E-state index is 12.6. The van der Waals surface area contributed by atoms with Crippen LogP contribution in [0.5, 0.6) is 5.75 Å². The molecule has 0 saturated heterocycles. The average molecular weight is 440 g/mol. The lowest BCUT2D eigenvalue weighted by atomic mass is 10.2. The fraction of sp³-hybridized carbons (Fsp3) is 0.263. The molecule has 29 heavy (non-hydrogen) atoms. The summed E-state index contributed by atoms with van der Waals surface area (Å²) in [6, 6.07) is 9.50.